The van der Waals surface area contributed by atoms with E-state index in [1.165, 1.54) is 6.33 Å². The number of rotatable bonds is 2. The summed E-state index contributed by atoms with van der Waals surface area (Å²) < 4.78 is 0. The van der Waals surface area contributed by atoms with Gasteiger partial charge in [0.25, 0.3) is 0 Å². The molecule has 82 valence electrons. The molecule has 0 unspecified atom stereocenters. The first-order valence-electron chi connectivity index (χ1n) is 4.59. The predicted molar refractivity (Wildman–Crippen MR) is 62.6 cm³/mol. The molecule has 1 aromatic heterocycles. The standard InChI is InChI=1S/C11H8Cl2N2O/c12-10-8(11(13)15-6-14-10)9(16)7-4-2-1-3-5-7/h1-6,9,16H/t9-/m1/s1. The molecule has 0 spiro atoms. The second kappa shape index (κ2) is 4.78. The molecular formula is C11H8Cl2N2O. The second-order valence-electron chi connectivity index (χ2n) is 3.18. The van der Waals surface area contributed by atoms with Crippen molar-refractivity contribution in [1.29, 1.82) is 0 Å². The van der Waals surface area contributed by atoms with Gasteiger partial charge in [-0.25, -0.2) is 9.97 Å². The fraction of sp³-hybridized carbons (Fsp3) is 0.0909. The highest BCUT2D eigenvalue weighted by Crippen LogP contribution is 2.30. The van der Waals surface area contributed by atoms with Gasteiger partial charge in [-0.15, -0.1) is 0 Å². The van der Waals surface area contributed by atoms with E-state index in [9.17, 15) is 5.11 Å². The van der Waals surface area contributed by atoms with E-state index >= 15 is 0 Å². The summed E-state index contributed by atoms with van der Waals surface area (Å²) in [4.78, 5) is 7.59. The van der Waals surface area contributed by atoms with Crippen LogP contribution in [0.15, 0.2) is 36.7 Å². The van der Waals surface area contributed by atoms with E-state index in [0.717, 1.165) is 0 Å². The lowest BCUT2D eigenvalue weighted by Gasteiger charge is -2.12. The van der Waals surface area contributed by atoms with Crippen LogP contribution in [-0.2, 0) is 0 Å². The van der Waals surface area contributed by atoms with Crippen molar-refractivity contribution in [2.24, 2.45) is 0 Å². The molecule has 0 saturated carbocycles. The zero-order chi connectivity index (χ0) is 11.5. The van der Waals surface area contributed by atoms with E-state index in [0.29, 0.717) is 11.1 Å². The maximum Gasteiger partial charge on any atom is 0.140 e. The molecule has 2 aromatic rings. The number of hydrogen-bond donors (Lipinski definition) is 1. The summed E-state index contributed by atoms with van der Waals surface area (Å²) in [6.45, 7) is 0. The largest absolute Gasteiger partial charge is 0.383 e. The first kappa shape index (κ1) is 11.3. The van der Waals surface area contributed by atoms with Gasteiger partial charge in [0.2, 0.25) is 0 Å². The minimum atomic E-state index is -0.914. The molecule has 1 atom stereocenters. The topological polar surface area (TPSA) is 46.0 Å². The van der Waals surface area contributed by atoms with Crippen molar-refractivity contribution in [2.45, 2.75) is 6.10 Å². The monoisotopic (exact) mass is 254 g/mol. The number of aliphatic hydroxyl groups excluding tert-OH is 1. The molecule has 0 aliphatic rings. The van der Waals surface area contributed by atoms with Gasteiger partial charge in [0.05, 0.1) is 5.56 Å². The Balaban J connectivity index is 2.46. The molecule has 0 fully saturated rings. The lowest BCUT2D eigenvalue weighted by atomic mass is 10.0. The first-order valence-corrected chi connectivity index (χ1v) is 5.34. The van der Waals surface area contributed by atoms with Gasteiger partial charge in [-0.05, 0) is 5.56 Å². The van der Waals surface area contributed by atoms with Crippen LogP contribution in [0.2, 0.25) is 10.3 Å². The molecule has 0 amide bonds. The molecule has 2 rings (SSSR count). The van der Waals surface area contributed by atoms with Gasteiger partial charge in [0.1, 0.15) is 22.7 Å². The third-order valence-corrected chi connectivity index (χ3v) is 2.78. The first-order chi connectivity index (χ1) is 7.70. The van der Waals surface area contributed by atoms with E-state index in [1.807, 2.05) is 18.2 Å². The van der Waals surface area contributed by atoms with E-state index in [-0.39, 0.29) is 10.3 Å². The van der Waals surface area contributed by atoms with Crippen molar-refractivity contribution in [3.63, 3.8) is 0 Å². The summed E-state index contributed by atoms with van der Waals surface area (Å²) in [5, 5.41) is 10.4. The fourth-order valence-electron chi connectivity index (χ4n) is 1.38. The molecule has 0 aliphatic carbocycles. The number of nitrogens with zero attached hydrogens (tertiary/aromatic N) is 2. The van der Waals surface area contributed by atoms with Crippen LogP contribution in [0.3, 0.4) is 0 Å². The van der Waals surface area contributed by atoms with Crippen molar-refractivity contribution in [2.75, 3.05) is 0 Å². The average Bonchev–Trinajstić information content (AvgIpc) is 2.30. The Morgan fingerprint density at radius 2 is 1.56 bits per heavy atom. The summed E-state index contributed by atoms with van der Waals surface area (Å²) in [7, 11) is 0. The highest BCUT2D eigenvalue weighted by Gasteiger charge is 2.18. The third kappa shape index (κ3) is 2.16. The minimum Gasteiger partial charge on any atom is -0.383 e. The smallest absolute Gasteiger partial charge is 0.140 e. The van der Waals surface area contributed by atoms with Gasteiger partial charge in [0.15, 0.2) is 0 Å². The fourth-order valence-corrected chi connectivity index (χ4v) is 1.90. The summed E-state index contributed by atoms with van der Waals surface area (Å²) in [6.07, 6.45) is 0.341. The third-order valence-electron chi connectivity index (χ3n) is 2.18. The molecule has 1 heterocycles. The molecule has 0 saturated heterocycles. The maximum atomic E-state index is 10.1. The van der Waals surface area contributed by atoms with Crippen molar-refractivity contribution in [3.8, 4) is 0 Å². The second-order valence-corrected chi connectivity index (χ2v) is 3.90. The Bertz CT molecular complexity index is 470. The Morgan fingerprint density at radius 3 is 2.12 bits per heavy atom. The van der Waals surface area contributed by atoms with Crippen molar-refractivity contribution in [3.05, 3.63) is 58.1 Å². The zero-order valence-electron chi connectivity index (χ0n) is 8.14. The Hall–Kier alpha value is -1.16. The Labute approximate surface area is 103 Å². The number of aliphatic hydroxyl groups is 1. The maximum absolute atomic E-state index is 10.1. The van der Waals surface area contributed by atoms with E-state index in [4.69, 9.17) is 23.2 Å². The van der Waals surface area contributed by atoms with Crippen LogP contribution in [-0.4, -0.2) is 15.1 Å². The molecule has 0 aliphatic heterocycles. The average molecular weight is 255 g/mol. The quantitative estimate of drug-likeness (QED) is 0.839. The summed E-state index contributed by atoms with van der Waals surface area (Å²) in [6, 6.07) is 9.07. The molecule has 16 heavy (non-hydrogen) atoms. The number of benzene rings is 1. The highest BCUT2D eigenvalue weighted by molar-refractivity contribution is 6.34. The molecule has 0 radical (unpaired) electrons. The molecule has 1 N–H and O–H groups in total. The summed E-state index contributed by atoms with van der Waals surface area (Å²) in [5.74, 6) is 0. The molecule has 3 nitrogen and oxygen atoms in total. The lowest BCUT2D eigenvalue weighted by molar-refractivity contribution is 0.219. The van der Waals surface area contributed by atoms with Gasteiger partial charge in [-0.1, -0.05) is 53.5 Å². The molecule has 1 aromatic carbocycles. The Kier molecular flexibility index (Phi) is 3.39. The van der Waals surface area contributed by atoms with E-state index < -0.39 is 6.10 Å². The van der Waals surface area contributed by atoms with Crippen LogP contribution in [0.4, 0.5) is 0 Å². The van der Waals surface area contributed by atoms with Crippen LogP contribution in [0, 0.1) is 0 Å². The number of hydrogen-bond acceptors (Lipinski definition) is 3. The van der Waals surface area contributed by atoms with Gasteiger partial charge in [-0.2, -0.15) is 0 Å². The highest BCUT2D eigenvalue weighted by atomic mass is 35.5. The molecular weight excluding hydrogens is 247 g/mol. The van der Waals surface area contributed by atoms with Crippen LogP contribution in [0.1, 0.15) is 17.2 Å². The van der Waals surface area contributed by atoms with E-state index in [1.54, 1.807) is 12.1 Å². The van der Waals surface area contributed by atoms with Crippen molar-refractivity contribution < 1.29 is 5.11 Å². The number of halogens is 2. The number of aromatic nitrogens is 2. The van der Waals surface area contributed by atoms with Crippen molar-refractivity contribution >= 4 is 23.2 Å². The predicted octanol–water partition coefficient (Wildman–Crippen LogP) is 2.87. The van der Waals surface area contributed by atoms with Gasteiger partial charge >= 0.3 is 0 Å². The summed E-state index contributed by atoms with van der Waals surface area (Å²) in [5.41, 5.74) is 1.03. The van der Waals surface area contributed by atoms with Crippen LogP contribution < -0.4 is 0 Å². The zero-order valence-corrected chi connectivity index (χ0v) is 9.65. The van der Waals surface area contributed by atoms with Crippen molar-refractivity contribution in [1.82, 2.24) is 9.97 Å². The lowest BCUT2D eigenvalue weighted by Crippen LogP contribution is -2.03. The molecule has 0 bridgehead atoms. The van der Waals surface area contributed by atoms with Crippen LogP contribution in [0.25, 0.3) is 0 Å². The van der Waals surface area contributed by atoms with Gasteiger partial charge < -0.3 is 5.11 Å². The molecule has 5 heteroatoms. The minimum absolute atomic E-state index is 0.163. The Morgan fingerprint density at radius 1 is 1.00 bits per heavy atom. The van der Waals surface area contributed by atoms with Gasteiger partial charge in [0, 0.05) is 0 Å². The van der Waals surface area contributed by atoms with Gasteiger partial charge in [-0.3, -0.25) is 0 Å². The van der Waals surface area contributed by atoms with Crippen LogP contribution >= 0.6 is 23.2 Å². The summed E-state index contributed by atoms with van der Waals surface area (Å²) >= 11 is 11.8. The normalized spacial score (nSPS) is 12.4. The van der Waals surface area contributed by atoms with Crippen LogP contribution in [0.5, 0.6) is 0 Å². The SMILES string of the molecule is O[C@H](c1ccccc1)c1c(Cl)ncnc1Cl. The van der Waals surface area contributed by atoms with E-state index in [2.05, 4.69) is 9.97 Å².